The Morgan fingerprint density at radius 3 is 2.89 bits per heavy atom. The van der Waals surface area contributed by atoms with Crippen molar-refractivity contribution in [3.63, 3.8) is 0 Å². The number of thiophene rings is 1. The van der Waals surface area contributed by atoms with Crippen LogP contribution in [0.5, 0.6) is 0 Å². The molecule has 2 N–H and O–H groups in total. The van der Waals surface area contributed by atoms with Gasteiger partial charge in [-0.05, 0) is 17.9 Å². The van der Waals surface area contributed by atoms with E-state index < -0.39 is 0 Å². The molecule has 0 aliphatic rings. The molecule has 0 fully saturated rings. The second kappa shape index (κ2) is 6.58. The summed E-state index contributed by atoms with van der Waals surface area (Å²) in [4.78, 5) is 12.7. The van der Waals surface area contributed by atoms with E-state index in [4.69, 9.17) is 5.11 Å². The predicted molar refractivity (Wildman–Crippen MR) is 74.7 cm³/mol. The van der Waals surface area contributed by atoms with Gasteiger partial charge in [-0.25, -0.2) is 0 Å². The van der Waals surface area contributed by atoms with Gasteiger partial charge in [0.2, 0.25) is 0 Å². The number of amides is 1. The Hall–Kier alpha value is -1.31. The van der Waals surface area contributed by atoms with Crippen molar-refractivity contribution in [1.29, 1.82) is 0 Å². The zero-order valence-electron chi connectivity index (χ0n) is 11.0. The van der Waals surface area contributed by atoms with Gasteiger partial charge in [-0.1, -0.05) is 32.6 Å². The molecule has 0 aromatic carbocycles. The van der Waals surface area contributed by atoms with E-state index in [9.17, 15) is 4.79 Å². The number of aliphatic hydroxyl groups excluding tert-OH is 1. The molecular formula is C14H19NO2S. The smallest absolute Gasteiger partial charge is 0.252 e. The van der Waals surface area contributed by atoms with Crippen LogP contribution in [0.2, 0.25) is 0 Å². The van der Waals surface area contributed by atoms with Crippen molar-refractivity contribution in [2.75, 3.05) is 13.2 Å². The van der Waals surface area contributed by atoms with Crippen LogP contribution < -0.4 is 5.32 Å². The maximum atomic E-state index is 11.9. The van der Waals surface area contributed by atoms with Crippen LogP contribution in [0.3, 0.4) is 0 Å². The lowest BCUT2D eigenvalue weighted by Gasteiger charge is -2.22. The van der Waals surface area contributed by atoms with Crippen molar-refractivity contribution < 1.29 is 9.90 Å². The summed E-state index contributed by atoms with van der Waals surface area (Å²) in [6.45, 7) is 6.86. The van der Waals surface area contributed by atoms with Gasteiger partial charge in [0.15, 0.2) is 0 Å². The second-order valence-corrected chi connectivity index (χ2v) is 5.77. The Morgan fingerprint density at radius 2 is 2.28 bits per heavy atom. The minimum absolute atomic E-state index is 0.0650. The second-order valence-electron chi connectivity index (χ2n) is 4.86. The van der Waals surface area contributed by atoms with E-state index in [-0.39, 0.29) is 17.9 Å². The first-order chi connectivity index (χ1) is 8.48. The molecule has 1 amide bonds. The van der Waals surface area contributed by atoms with Crippen LogP contribution in [-0.2, 0) is 0 Å². The molecule has 1 heterocycles. The summed E-state index contributed by atoms with van der Waals surface area (Å²) in [7, 11) is 0. The Kier molecular flexibility index (Phi) is 5.39. The highest BCUT2D eigenvalue weighted by atomic mass is 32.1. The van der Waals surface area contributed by atoms with Gasteiger partial charge in [-0.3, -0.25) is 4.79 Å². The molecule has 0 saturated heterocycles. The number of hydrogen-bond donors (Lipinski definition) is 2. The highest BCUT2D eigenvalue weighted by molar-refractivity contribution is 7.10. The maximum Gasteiger partial charge on any atom is 0.252 e. The first-order valence-corrected chi connectivity index (χ1v) is 6.83. The predicted octanol–water partition coefficient (Wildman–Crippen LogP) is 2.26. The molecule has 1 rings (SSSR count). The van der Waals surface area contributed by atoms with Crippen molar-refractivity contribution in [3.8, 4) is 11.8 Å². The van der Waals surface area contributed by atoms with Crippen LogP contribution in [0.4, 0.5) is 0 Å². The molecule has 0 unspecified atom stereocenters. The zero-order valence-corrected chi connectivity index (χ0v) is 11.9. The number of aliphatic hydroxyl groups is 1. The highest BCUT2D eigenvalue weighted by Gasteiger charge is 2.17. The van der Waals surface area contributed by atoms with Gasteiger partial charge in [0, 0.05) is 11.9 Å². The Bertz CT molecular complexity index is 466. The topological polar surface area (TPSA) is 49.3 Å². The van der Waals surface area contributed by atoms with Crippen molar-refractivity contribution >= 4 is 17.2 Å². The van der Waals surface area contributed by atoms with Gasteiger partial charge in [0.05, 0.1) is 10.4 Å². The lowest BCUT2D eigenvalue weighted by molar-refractivity contribution is 0.0936. The molecule has 18 heavy (non-hydrogen) atoms. The number of nitrogens with one attached hydrogen (secondary N) is 1. The van der Waals surface area contributed by atoms with Crippen LogP contribution in [0.25, 0.3) is 0 Å². The van der Waals surface area contributed by atoms with Crippen molar-refractivity contribution in [3.05, 3.63) is 21.9 Å². The Balaban J connectivity index is 2.60. The Morgan fingerprint density at radius 1 is 1.56 bits per heavy atom. The summed E-state index contributed by atoms with van der Waals surface area (Å²) in [5, 5.41) is 13.3. The standard InChI is InChI=1S/C14H19NO2S/c1-4-14(2,3)10-15-13(17)11-8-12(18-9-11)6-5-7-16/h8-9,16H,4,7,10H2,1-3H3,(H,15,17). The van der Waals surface area contributed by atoms with Crippen LogP contribution in [0.15, 0.2) is 11.4 Å². The van der Waals surface area contributed by atoms with Gasteiger partial charge < -0.3 is 10.4 Å². The summed E-state index contributed by atoms with van der Waals surface area (Å²) >= 11 is 1.41. The Labute approximate surface area is 112 Å². The van der Waals surface area contributed by atoms with Gasteiger partial charge in [-0.2, -0.15) is 0 Å². The summed E-state index contributed by atoms with van der Waals surface area (Å²) in [6, 6.07) is 1.75. The van der Waals surface area contributed by atoms with E-state index in [1.165, 1.54) is 11.3 Å². The minimum Gasteiger partial charge on any atom is -0.384 e. The minimum atomic E-state index is -0.163. The number of hydrogen-bond acceptors (Lipinski definition) is 3. The number of carbonyl (C=O) groups is 1. The molecular weight excluding hydrogens is 246 g/mol. The average Bonchev–Trinajstić information content (AvgIpc) is 2.82. The molecule has 0 radical (unpaired) electrons. The quantitative estimate of drug-likeness (QED) is 0.820. The number of carbonyl (C=O) groups excluding carboxylic acids is 1. The van der Waals surface area contributed by atoms with E-state index in [2.05, 4.69) is 37.9 Å². The molecule has 0 aliphatic carbocycles. The van der Waals surface area contributed by atoms with Crippen molar-refractivity contribution in [2.45, 2.75) is 27.2 Å². The summed E-state index contributed by atoms with van der Waals surface area (Å²) in [6.07, 6.45) is 1.02. The lowest BCUT2D eigenvalue weighted by Crippen LogP contribution is -2.33. The van der Waals surface area contributed by atoms with Gasteiger partial charge in [0.25, 0.3) is 5.91 Å². The van der Waals surface area contributed by atoms with Crippen molar-refractivity contribution in [1.82, 2.24) is 5.32 Å². The van der Waals surface area contributed by atoms with E-state index in [0.29, 0.717) is 12.1 Å². The fraction of sp³-hybridized carbons (Fsp3) is 0.500. The third-order valence-corrected chi connectivity index (χ3v) is 3.68. The molecule has 1 aromatic rings. The third-order valence-electron chi connectivity index (χ3n) is 2.84. The summed E-state index contributed by atoms with van der Waals surface area (Å²) < 4.78 is 0. The van der Waals surface area contributed by atoms with Gasteiger partial charge in [-0.15, -0.1) is 11.3 Å². The van der Waals surface area contributed by atoms with Crippen LogP contribution >= 0.6 is 11.3 Å². The molecule has 1 aromatic heterocycles. The molecule has 3 nitrogen and oxygen atoms in total. The average molecular weight is 265 g/mol. The van der Waals surface area contributed by atoms with Crippen LogP contribution in [0.1, 0.15) is 42.4 Å². The van der Waals surface area contributed by atoms with Crippen molar-refractivity contribution in [2.24, 2.45) is 5.41 Å². The van der Waals surface area contributed by atoms with Gasteiger partial charge in [0.1, 0.15) is 6.61 Å². The first kappa shape index (κ1) is 14.7. The van der Waals surface area contributed by atoms with E-state index in [1.807, 2.05) is 0 Å². The summed E-state index contributed by atoms with van der Waals surface area (Å²) in [5.41, 5.74) is 0.750. The molecule has 0 saturated carbocycles. The SMILES string of the molecule is CCC(C)(C)CNC(=O)c1csc(C#CCO)c1. The molecule has 4 heteroatoms. The van der Waals surface area contributed by atoms with Gasteiger partial charge >= 0.3 is 0 Å². The molecule has 0 bridgehead atoms. The number of rotatable bonds is 4. The lowest BCUT2D eigenvalue weighted by atomic mass is 9.90. The zero-order chi connectivity index (χ0) is 13.6. The molecule has 0 atom stereocenters. The van der Waals surface area contributed by atoms with Crippen LogP contribution in [-0.4, -0.2) is 24.2 Å². The van der Waals surface area contributed by atoms with E-state index in [1.54, 1.807) is 11.4 Å². The maximum absolute atomic E-state index is 11.9. The normalized spacial score (nSPS) is 10.7. The molecule has 0 aliphatic heterocycles. The monoisotopic (exact) mass is 265 g/mol. The fourth-order valence-electron chi connectivity index (χ4n) is 1.19. The molecule has 0 spiro atoms. The molecule has 98 valence electrons. The fourth-order valence-corrected chi connectivity index (χ4v) is 1.95. The first-order valence-electron chi connectivity index (χ1n) is 5.95. The largest absolute Gasteiger partial charge is 0.384 e. The highest BCUT2D eigenvalue weighted by Crippen LogP contribution is 2.18. The van der Waals surface area contributed by atoms with Crippen LogP contribution in [0, 0.1) is 17.3 Å². The summed E-state index contributed by atoms with van der Waals surface area (Å²) in [5.74, 6) is 5.29. The van der Waals surface area contributed by atoms with E-state index in [0.717, 1.165) is 11.3 Å². The third kappa shape index (κ3) is 4.52. The van der Waals surface area contributed by atoms with E-state index >= 15 is 0 Å².